The summed E-state index contributed by atoms with van der Waals surface area (Å²) >= 11 is 7.29. The van der Waals surface area contributed by atoms with Crippen LogP contribution in [-0.4, -0.2) is 11.1 Å². The normalized spacial score (nSPS) is 16.2. The number of carbonyl (C=O) groups is 1. The molecule has 144 valence electrons. The first-order chi connectivity index (χ1) is 14.2. The van der Waals surface area contributed by atoms with Gasteiger partial charge in [0.2, 0.25) is 0 Å². The van der Waals surface area contributed by atoms with Crippen LogP contribution >= 0.6 is 23.4 Å². The monoisotopic (exact) mass is 420 g/mol. The molecular weight excluding hydrogens is 404 g/mol. The summed E-state index contributed by atoms with van der Waals surface area (Å²) < 4.78 is 5.97. The zero-order valence-electron chi connectivity index (χ0n) is 15.3. The van der Waals surface area contributed by atoms with Crippen LogP contribution in [0.1, 0.15) is 11.1 Å². The molecule has 0 aliphatic carbocycles. The zero-order valence-corrected chi connectivity index (χ0v) is 16.9. The molecule has 0 radical (unpaired) electrons. The van der Waals surface area contributed by atoms with Crippen LogP contribution in [0.15, 0.2) is 88.8 Å². The summed E-state index contributed by atoms with van der Waals surface area (Å²) in [6.07, 6.45) is 1.82. The van der Waals surface area contributed by atoms with Crippen molar-refractivity contribution >= 4 is 46.2 Å². The molecule has 1 heterocycles. The van der Waals surface area contributed by atoms with Crippen LogP contribution in [0.25, 0.3) is 6.08 Å². The Labute approximate surface area is 178 Å². The second kappa shape index (κ2) is 8.99. The number of amides is 1. The van der Waals surface area contributed by atoms with Crippen LogP contribution < -0.4 is 10.1 Å². The van der Waals surface area contributed by atoms with E-state index in [1.54, 1.807) is 12.1 Å². The average Bonchev–Trinajstić information content (AvgIpc) is 3.07. The first-order valence-electron chi connectivity index (χ1n) is 8.98. The maximum Gasteiger partial charge on any atom is 0.264 e. The highest BCUT2D eigenvalue weighted by Gasteiger charge is 2.24. The fraction of sp³-hybridized carbons (Fsp3) is 0.0435. The third-order valence-corrected chi connectivity index (χ3v) is 5.28. The molecule has 0 aromatic heterocycles. The van der Waals surface area contributed by atoms with Crippen LogP contribution in [0.5, 0.6) is 5.75 Å². The van der Waals surface area contributed by atoms with Crippen molar-refractivity contribution < 1.29 is 9.53 Å². The van der Waals surface area contributed by atoms with Crippen LogP contribution in [-0.2, 0) is 11.4 Å². The Hall–Kier alpha value is -3.02. The smallest absolute Gasteiger partial charge is 0.264 e. The molecule has 1 aliphatic rings. The average molecular weight is 421 g/mol. The summed E-state index contributed by atoms with van der Waals surface area (Å²) in [5, 5.41) is 3.91. The number of ether oxygens (including phenoxy) is 1. The standard InChI is InChI=1S/C23H17ClN2O2S/c24-18-10-6-11-19(14-18)25-23-26-22(27)21(29-23)13-17-9-4-5-12-20(17)28-15-16-7-2-1-3-8-16/h1-14H,15H2,(H,25,26,27)/b21-13+. The number of hydrogen-bond acceptors (Lipinski definition) is 4. The van der Waals surface area contributed by atoms with E-state index in [1.165, 1.54) is 11.8 Å². The predicted octanol–water partition coefficient (Wildman–Crippen LogP) is 5.81. The van der Waals surface area contributed by atoms with Gasteiger partial charge in [-0.25, -0.2) is 4.99 Å². The molecule has 0 spiro atoms. The minimum atomic E-state index is -0.186. The number of para-hydroxylation sites is 1. The minimum absolute atomic E-state index is 0.186. The first-order valence-corrected chi connectivity index (χ1v) is 10.2. The van der Waals surface area contributed by atoms with Gasteiger partial charge in [0.05, 0.1) is 10.6 Å². The lowest BCUT2D eigenvalue weighted by atomic mass is 10.2. The summed E-state index contributed by atoms with van der Waals surface area (Å²) in [5.41, 5.74) is 2.61. The van der Waals surface area contributed by atoms with Gasteiger partial charge in [0.25, 0.3) is 5.91 Å². The summed E-state index contributed by atoms with van der Waals surface area (Å²) in [4.78, 5) is 17.4. The summed E-state index contributed by atoms with van der Waals surface area (Å²) in [7, 11) is 0. The van der Waals surface area contributed by atoms with Gasteiger partial charge in [-0.05, 0) is 47.7 Å². The highest BCUT2D eigenvalue weighted by Crippen LogP contribution is 2.31. The third-order valence-electron chi connectivity index (χ3n) is 4.13. The Balaban J connectivity index is 1.53. The molecule has 0 bridgehead atoms. The van der Waals surface area contributed by atoms with Crippen LogP contribution in [0.4, 0.5) is 5.69 Å². The number of carbonyl (C=O) groups excluding carboxylic acids is 1. The molecule has 1 amide bonds. The number of hydrogen-bond donors (Lipinski definition) is 1. The largest absolute Gasteiger partial charge is 0.488 e. The van der Waals surface area contributed by atoms with Crippen molar-refractivity contribution in [3.05, 3.63) is 99.9 Å². The Morgan fingerprint density at radius 3 is 2.62 bits per heavy atom. The molecule has 4 nitrogen and oxygen atoms in total. The molecule has 4 rings (SSSR count). The van der Waals surface area contributed by atoms with Crippen molar-refractivity contribution in [2.45, 2.75) is 6.61 Å². The first kappa shape index (κ1) is 19.3. The molecular formula is C23H17ClN2O2S. The van der Waals surface area contributed by atoms with Gasteiger partial charge in [-0.1, -0.05) is 66.2 Å². The highest BCUT2D eigenvalue weighted by atomic mass is 35.5. The second-order valence-electron chi connectivity index (χ2n) is 6.27. The molecule has 1 N–H and O–H groups in total. The molecule has 1 saturated heterocycles. The minimum Gasteiger partial charge on any atom is -0.488 e. The maximum absolute atomic E-state index is 12.4. The van der Waals surface area contributed by atoms with E-state index < -0.39 is 0 Å². The fourth-order valence-corrected chi connectivity index (χ4v) is 3.77. The van der Waals surface area contributed by atoms with E-state index in [-0.39, 0.29) is 5.91 Å². The van der Waals surface area contributed by atoms with Crippen LogP contribution in [0.2, 0.25) is 5.02 Å². The number of halogens is 1. The van der Waals surface area contributed by atoms with Gasteiger partial charge in [-0.3, -0.25) is 4.79 Å². The Kier molecular flexibility index (Phi) is 5.98. The molecule has 29 heavy (non-hydrogen) atoms. The lowest BCUT2D eigenvalue weighted by molar-refractivity contribution is -0.115. The molecule has 1 fully saturated rings. The van der Waals surface area contributed by atoms with Crippen molar-refractivity contribution in [3.63, 3.8) is 0 Å². The van der Waals surface area contributed by atoms with Crippen molar-refractivity contribution in [3.8, 4) is 5.75 Å². The van der Waals surface area contributed by atoms with Gasteiger partial charge >= 0.3 is 0 Å². The van der Waals surface area contributed by atoms with Crippen LogP contribution in [0, 0.1) is 0 Å². The molecule has 0 unspecified atom stereocenters. The fourth-order valence-electron chi connectivity index (χ4n) is 2.75. The number of nitrogens with zero attached hydrogens (tertiary/aromatic N) is 1. The predicted molar refractivity (Wildman–Crippen MR) is 119 cm³/mol. The third kappa shape index (κ3) is 5.08. The summed E-state index contributed by atoms with van der Waals surface area (Å²) in [6, 6.07) is 24.8. The van der Waals surface area contributed by atoms with E-state index in [2.05, 4.69) is 10.3 Å². The lowest BCUT2D eigenvalue weighted by Gasteiger charge is -2.09. The van der Waals surface area contributed by atoms with Gasteiger partial charge in [-0.2, -0.15) is 0 Å². The van der Waals surface area contributed by atoms with Crippen LogP contribution in [0.3, 0.4) is 0 Å². The number of benzene rings is 3. The topological polar surface area (TPSA) is 50.7 Å². The lowest BCUT2D eigenvalue weighted by Crippen LogP contribution is -2.19. The number of amidine groups is 1. The number of nitrogens with one attached hydrogen (secondary N) is 1. The van der Waals surface area contributed by atoms with E-state index in [1.807, 2.05) is 72.8 Å². The quantitative estimate of drug-likeness (QED) is 0.530. The summed E-state index contributed by atoms with van der Waals surface area (Å²) in [5.74, 6) is 0.533. The van der Waals surface area contributed by atoms with E-state index in [0.717, 1.165) is 16.9 Å². The highest BCUT2D eigenvalue weighted by molar-refractivity contribution is 8.18. The zero-order chi connectivity index (χ0) is 20.1. The van der Waals surface area contributed by atoms with Gasteiger partial charge in [0.15, 0.2) is 5.17 Å². The van der Waals surface area contributed by atoms with Gasteiger partial charge in [0, 0.05) is 10.6 Å². The van der Waals surface area contributed by atoms with Gasteiger partial charge in [0.1, 0.15) is 12.4 Å². The Bertz CT molecular complexity index is 1100. The molecule has 1 aliphatic heterocycles. The van der Waals surface area contributed by atoms with Gasteiger partial charge in [-0.15, -0.1) is 0 Å². The summed E-state index contributed by atoms with van der Waals surface area (Å²) in [6.45, 7) is 0.460. The van der Waals surface area contributed by atoms with E-state index in [9.17, 15) is 4.79 Å². The van der Waals surface area contributed by atoms with E-state index >= 15 is 0 Å². The molecule has 6 heteroatoms. The number of aliphatic imine (C=N–C) groups is 1. The Morgan fingerprint density at radius 2 is 1.79 bits per heavy atom. The molecule has 0 atom stereocenters. The van der Waals surface area contributed by atoms with Gasteiger partial charge < -0.3 is 10.1 Å². The van der Waals surface area contributed by atoms with Crippen molar-refractivity contribution in [1.29, 1.82) is 0 Å². The van der Waals surface area contributed by atoms with E-state index in [4.69, 9.17) is 16.3 Å². The number of thioether (sulfide) groups is 1. The number of rotatable bonds is 5. The molecule has 3 aromatic rings. The van der Waals surface area contributed by atoms with Crippen molar-refractivity contribution in [2.75, 3.05) is 0 Å². The van der Waals surface area contributed by atoms with Crippen molar-refractivity contribution in [2.24, 2.45) is 4.99 Å². The Morgan fingerprint density at radius 1 is 1.00 bits per heavy atom. The van der Waals surface area contributed by atoms with Crippen molar-refractivity contribution in [1.82, 2.24) is 5.32 Å². The SMILES string of the molecule is O=C1NC(=Nc2cccc(Cl)c2)S/C1=C/c1ccccc1OCc1ccccc1. The van der Waals surface area contributed by atoms with E-state index in [0.29, 0.717) is 27.4 Å². The second-order valence-corrected chi connectivity index (χ2v) is 7.74. The molecule has 3 aromatic carbocycles. The molecule has 0 saturated carbocycles. The maximum atomic E-state index is 12.4.